The van der Waals surface area contributed by atoms with E-state index in [0.717, 1.165) is 5.56 Å². The Bertz CT molecular complexity index is 682. The van der Waals surface area contributed by atoms with Gasteiger partial charge in [-0.25, -0.2) is 0 Å². The number of hydrogen-bond donors (Lipinski definition) is 2. The number of amides is 1. The van der Waals surface area contributed by atoms with Gasteiger partial charge in [0, 0.05) is 11.6 Å². The maximum Gasteiger partial charge on any atom is 0.307 e. The van der Waals surface area contributed by atoms with E-state index in [1.54, 1.807) is 38.3 Å². The minimum atomic E-state index is -0.985. The van der Waals surface area contributed by atoms with Crippen molar-refractivity contribution in [1.29, 1.82) is 0 Å². The van der Waals surface area contributed by atoms with Crippen LogP contribution in [0.5, 0.6) is 5.75 Å². The van der Waals surface area contributed by atoms with E-state index >= 15 is 0 Å². The van der Waals surface area contributed by atoms with Crippen molar-refractivity contribution in [3.05, 3.63) is 60.2 Å². The topological polar surface area (TPSA) is 75.6 Å². The van der Waals surface area contributed by atoms with Crippen LogP contribution in [0.3, 0.4) is 0 Å². The minimum absolute atomic E-state index is 0.280. The van der Waals surface area contributed by atoms with E-state index < -0.39 is 17.8 Å². The fraction of sp³-hybridized carbons (Fsp3) is 0.263. The predicted molar refractivity (Wildman–Crippen MR) is 92.1 cm³/mol. The molecule has 126 valence electrons. The smallest absolute Gasteiger partial charge is 0.307 e. The highest BCUT2D eigenvalue weighted by Gasteiger charge is 2.30. The number of rotatable bonds is 7. The van der Waals surface area contributed by atoms with Gasteiger partial charge in [-0.15, -0.1) is 0 Å². The van der Waals surface area contributed by atoms with Gasteiger partial charge in [-0.1, -0.05) is 37.3 Å². The number of carbonyl (C=O) groups is 2. The van der Waals surface area contributed by atoms with Crippen LogP contribution in [0.15, 0.2) is 54.6 Å². The molecule has 1 amide bonds. The van der Waals surface area contributed by atoms with Gasteiger partial charge in [0.2, 0.25) is 5.91 Å². The lowest BCUT2D eigenvalue weighted by Gasteiger charge is -2.20. The van der Waals surface area contributed by atoms with Crippen molar-refractivity contribution in [3.8, 4) is 5.75 Å². The van der Waals surface area contributed by atoms with Crippen LogP contribution in [0.25, 0.3) is 0 Å². The first-order valence-corrected chi connectivity index (χ1v) is 7.73. The molecule has 0 saturated carbocycles. The summed E-state index contributed by atoms with van der Waals surface area (Å²) in [4.78, 5) is 24.0. The average molecular weight is 327 g/mol. The highest BCUT2D eigenvalue weighted by Crippen LogP contribution is 2.22. The summed E-state index contributed by atoms with van der Waals surface area (Å²) in [6, 6.07) is 16.2. The number of ether oxygens (including phenoxy) is 1. The van der Waals surface area contributed by atoms with Crippen LogP contribution in [0.1, 0.15) is 12.5 Å². The number of hydrogen-bond acceptors (Lipinski definition) is 3. The molecule has 2 atom stereocenters. The third kappa shape index (κ3) is 4.59. The summed E-state index contributed by atoms with van der Waals surface area (Å²) < 4.78 is 5.09. The molecule has 0 aliphatic rings. The lowest BCUT2D eigenvalue weighted by molar-refractivity contribution is -0.145. The summed E-state index contributed by atoms with van der Waals surface area (Å²) in [7, 11) is 1.57. The Morgan fingerprint density at radius 3 is 2.25 bits per heavy atom. The summed E-state index contributed by atoms with van der Waals surface area (Å²) in [6.45, 7) is 1.64. The number of nitrogens with one attached hydrogen (secondary N) is 1. The van der Waals surface area contributed by atoms with Crippen molar-refractivity contribution in [3.63, 3.8) is 0 Å². The molecule has 0 heterocycles. The van der Waals surface area contributed by atoms with E-state index in [1.165, 1.54) is 0 Å². The number of methoxy groups -OCH3 is 1. The van der Waals surface area contributed by atoms with Gasteiger partial charge >= 0.3 is 5.97 Å². The van der Waals surface area contributed by atoms with Crippen LogP contribution in [-0.2, 0) is 16.0 Å². The summed E-state index contributed by atoms with van der Waals surface area (Å²) >= 11 is 0. The molecule has 2 rings (SSSR count). The quantitative estimate of drug-likeness (QED) is 0.819. The molecule has 2 N–H and O–H groups in total. The van der Waals surface area contributed by atoms with Crippen molar-refractivity contribution in [2.45, 2.75) is 13.3 Å². The van der Waals surface area contributed by atoms with E-state index in [1.807, 2.05) is 30.3 Å². The van der Waals surface area contributed by atoms with Crippen molar-refractivity contribution < 1.29 is 19.4 Å². The Morgan fingerprint density at radius 2 is 1.71 bits per heavy atom. The van der Waals surface area contributed by atoms with Crippen LogP contribution in [0.4, 0.5) is 5.69 Å². The minimum Gasteiger partial charge on any atom is -0.497 e. The van der Waals surface area contributed by atoms with Crippen LogP contribution >= 0.6 is 0 Å². The summed E-state index contributed by atoms with van der Waals surface area (Å²) in [5.41, 5.74) is 1.51. The molecule has 0 fully saturated rings. The highest BCUT2D eigenvalue weighted by atomic mass is 16.5. The third-order valence-corrected chi connectivity index (χ3v) is 3.99. The number of carboxylic acid groups (broad SMARTS) is 1. The van der Waals surface area contributed by atoms with E-state index in [4.69, 9.17) is 4.74 Å². The van der Waals surface area contributed by atoms with Crippen LogP contribution < -0.4 is 10.1 Å². The van der Waals surface area contributed by atoms with E-state index in [-0.39, 0.29) is 12.3 Å². The molecule has 0 bridgehead atoms. The third-order valence-electron chi connectivity index (χ3n) is 3.99. The molecule has 2 aromatic rings. The standard InChI is InChI=1S/C19H21NO4/c1-13(18(21)20-15-6-4-3-5-7-15)17(19(22)23)12-14-8-10-16(24-2)11-9-14/h3-11,13,17H,12H2,1-2H3,(H,20,21)(H,22,23)/t13-,17-/m1/s1. The van der Waals surface area contributed by atoms with Crippen molar-refractivity contribution >= 4 is 17.6 Å². The molecule has 0 saturated heterocycles. The van der Waals surface area contributed by atoms with E-state index in [0.29, 0.717) is 11.4 Å². The van der Waals surface area contributed by atoms with Gasteiger partial charge in [-0.2, -0.15) is 0 Å². The zero-order chi connectivity index (χ0) is 17.5. The molecule has 0 unspecified atom stereocenters. The molecule has 0 radical (unpaired) electrons. The van der Waals surface area contributed by atoms with Gasteiger partial charge in [0.15, 0.2) is 0 Å². The molecule has 5 nitrogen and oxygen atoms in total. The molecule has 24 heavy (non-hydrogen) atoms. The van der Waals surface area contributed by atoms with Crippen molar-refractivity contribution in [1.82, 2.24) is 0 Å². The van der Waals surface area contributed by atoms with Crippen molar-refractivity contribution in [2.75, 3.05) is 12.4 Å². The van der Waals surface area contributed by atoms with Gasteiger partial charge < -0.3 is 15.2 Å². The second-order valence-corrected chi connectivity index (χ2v) is 5.64. The molecule has 0 spiro atoms. The maximum atomic E-state index is 12.4. The van der Waals surface area contributed by atoms with E-state index in [9.17, 15) is 14.7 Å². The monoisotopic (exact) mass is 327 g/mol. The Morgan fingerprint density at radius 1 is 1.08 bits per heavy atom. The Hall–Kier alpha value is -2.82. The average Bonchev–Trinajstić information content (AvgIpc) is 2.60. The van der Waals surface area contributed by atoms with Gasteiger partial charge in [0.05, 0.1) is 13.0 Å². The van der Waals surface area contributed by atoms with Gasteiger partial charge in [-0.05, 0) is 36.2 Å². The summed E-state index contributed by atoms with van der Waals surface area (Å²) in [5, 5.41) is 12.3. The van der Waals surface area contributed by atoms with Crippen LogP contribution in [0.2, 0.25) is 0 Å². The Balaban J connectivity index is 2.07. The normalized spacial score (nSPS) is 12.9. The predicted octanol–water partition coefficient (Wildman–Crippen LogP) is 3.21. The second kappa shape index (κ2) is 8.15. The second-order valence-electron chi connectivity index (χ2n) is 5.64. The molecule has 0 aliphatic heterocycles. The lowest BCUT2D eigenvalue weighted by Crippen LogP contribution is -2.33. The highest BCUT2D eigenvalue weighted by molar-refractivity contribution is 5.94. The number of carboxylic acids is 1. The molecule has 5 heteroatoms. The molecular weight excluding hydrogens is 306 g/mol. The first kappa shape index (κ1) is 17.5. The Labute approximate surface area is 141 Å². The molecule has 0 aliphatic carbocycles. The first-order chi connectivity index (χ1) is 11.5. The van der Waals surface area contributed by atoms with Crippen LogP contribution in [-0.4, -0.2) is 24.1 Å². The summed E-state index contributed by atoms with van der Waals surface area (Å²) in [6.07, 6.45) is 0.280. The maximum absolute atomic E-state index is 12.4. The fourth-order valence-electron chi connectivity index (χ4n) is 2.45. The fourth-order valence-corrected chi connectivity index (χ4v) is 2.45. The van der Waals surface area contributed by atoms with Gasteiger partial charge in [0.1, 0.15) is 5.75 Å². The zero-order valence-electron chi connectivity index (χ0n) is 13.7. The van der Waals surface area contributed by atoms with Gasteiger partial charge in [-0.3, -0.25) is 9.59 Å². The largest absolute Gasteiger partial charge is 0.497 e. The number of para-hydroxylation sites is 1. The number of carbonyl (C=O) groups excluding carboxylic acids is 1. The van der Waals surface area contributed by atoms with Crippen LogP contribution in [0, 0.1) is 11.8 Å². The van der Waals surface area contributed by atoms with Crippen molar-refractivity contribution in [2.24, 2.45) is 11.8 Å². The summed E-state index contributed by atoms with van der Waals surface area (Å²) in [5.74, 6) is -2.05. The van der Waals surface area contributed by atoms with E-state index in [2.05, 4.69) is 5.32 Å². The SMILES string of the molecule is COc1ccc(C[C@@H](C(=O)O)[C@@H](C)C(=O)Nc2ccccc2)cc1. The first-order valence-electron chi connectivity index (χ1n) is 7.73. The molecular formula is C19H21NO4. The lowest BCUT2D eigenvalue weighted by atomic mass is 9.87. The van der Waals surface area contributed by atoms with Gasteiger partial charge in [0.25, 0.3) is 0 Å². The molecule has 0 aromatic heterocycles. The number of anilines is 1. The Kier molecular flexibility index (Phi) is 5.95. The zero-order valence-corrected chi connectivity index (χ0v) is 13.7. The number of benzene rings is 2. The number of aliphatic carboxylic acids is 1. The molecule has 2 aromatic carbocycles.